The van der Waals surface area contributed by atoms with Crippen molar-refractivity contribution < 1.29 is 19.1 Å². The van der Waals surface area contributed by atoms with Crippen LogP contribution in [-0.2, 0) is 11.3 Å². The Morgan fingerprint density at radius 1 is 1.33 bits per heavy atom. The Hall–Kier alpha value is -2.67. The number of rotatable bonds is 3. The number of hydrogen-bond acceptors (Lipinski definition) is 6. The maximum atomic E-state index is 12.1. The molecule has 0 aliphatic rings. The zero-order valence-electron chi connectivity index (χ0n) is 12.6. The number of halogens is 1. The van der Waals surface area contributed by atoms with Crippen LogP contribution in [0.3, 0.4) is 0 Å². The summed E-state index contributed by atoms with van der Waals surface area (Å²) in [5.74, 6) is -0.527. The van der Waals surface area contributed by atoms with E-state index in [0.717, 1.165) is 0 Å². The third-order valence-corrected chi connectivity index (χ3v) is 3.95. The van der Waals surface area contributed by atoms with Crippen LogP contribution in [0.25, 0.3) is 11.0 Å². The van der Waals surface area contributed by atoms with Crippen molar-refractivity contribution in [2.24, 2.45) is 0 Å². The van der Waals surface area contributed by atoms with Crippen molar-refractivity contribution in [2.75, 3.05) is 0 Å². The van der Waals surface area contributed by atoms with Gasteiger partial charge in [-0.2, -0.15) is 0 Å². The molecule has 0 radical (unpaired) electrons. The van der Waals surface area contributed by atoms with E-state index in [1.165, 1.54) is 18.3 Å². The summed E-state index contributed by atoms with van der Waals surface area (Å²) in [6.45, 7) is 1.54. The highest BCUT2D eigenvalue weighted by molar-refractivity contribution is 9.10. The minimum Gasteiger partial charge on any atom is -0.508 e. The standard InChI is InChI=1S/C17H12BrNO5/c1-9-14(20)3-2-13-11(5-15(21)24-16(9)13)8-23-17(22)10-4-12(18)7-19-6-10/h2-7,20H,8H2,1H3. The lowest BCUT2D eigenvalue weighted by Gasteiger charge is -2.09. The molecule has 3 rings (SSSR count). The van der Waals surface area contributed by atoms with E-state index in [4.69, 9.17) is 9.15 Å². The van der Waals surface area contributed by atoms with Gasteiger partial charge in [-0.25, -0.2) is 9.59 Å². The normalized spacial score (nSPS) is 10.8. The average molecular weight is 390 g/mol. The Morgan fingerprint density at radius 3 is 2.88 bits per heavy atom. The lowest BCUT2D eigenvalue weighted by Crippen LogP contribution is -2.08. The van der Waals surface area contributed by atoms with Gasteiger partial charge in [-0.15, -0.1) is 0 Å². The fourth-order valence-corrected chi connectivity index (χ4v) is 2.65. The third-order valence-electron chi connectivity index (χ3n) is 3.52. The summed E-state index contributed by atoms with van der Waals surface area (Å²) < 4.78 is 11.1. The molecule has 1 N–H and O–H groups in total. The van der Waals surface area contributed by atoms with Gasteiger partial charge in [0.1, 0.15) is 17.9 Å². The first-order valence-corrected chi connectivity index (χ1v) is 7.78. The lowest BCUT2D eigenvalue weighted by atomic mass is 10.1. The topological polar surface area (TPSA) is 89.6 Å². The van der Waals surface area contributed by atoms with Gasteiger partial charge in [0.15, 0.2) is 0 Å². The number of aromatic nitrogens is 1. The minimum absolute atomic E-state index is 0.0278. The van der Waals surface area contributed by atoms with E-state index in [0.29, 0.717) is 26.5 Å². The van der Waals surface area contributed by atoms with Crippen molar-refractivity contribution in [2.45, 2.75) is 13.5 Å². The van der Waals surface area contributed by atoms with Crippen LogP contribution in [0.1, 0.15) is 21.5 Å². The van der Waals surface area contributed by atoms with Crippen molar-refractivity contribution in [1.29, 1.82) is 0 Å². The first-order chi connectivity index (χ1) is 11.5. The average Bonchev–Trinajstić information content (AvgIpc) is 2.56. The van der Waals surface area contributed by atoms with Crippen LogP contribution in [-0.4, -0.2) is 16.1 Å². The maximum absolute atomic E-state index is 12.1. The SMILES string of the molecule is Cc1c(O)ccc2c(COC(=O)c3cncc(Br)c3)cc(=O)oc12. The van der Waals surface area contributed by atoms with Crippen LogP contribution >= 0.6 is 15.9 Å². The molecule has 0 bridgehead atoms. The molecule has 0 saturated heterocycles. The van der Waals surface area contributed by atoms with Gasteiger partial charge in [-0.1, -0.05) is 0 Å². The molecular weight excluding hydrogens is 378 g/mol. The second kappa shape index (κ2) is 6.45. The molecule has 0 aliphatic heterocycles. The molecule has 0 spiro atoms. The molecule has 0 atom stereocenters. The number of ether oxygens (including phenoxy) is 1. The number of phenolic OH excluding ortho intramolecular Hbond substituents is 1. The lowest BCUT2D eigenvalue weighted by molar-refractivity contribution is 0.0473. The Balaban J connectivity index is 1.92. The van der Waals surface area contributed by atoms with Gasteiger partial charge in [0.25, 0.3) is 0 Å². The van der Waals surface area contributed by atoms with Gasteiger partial charge in [0.05, 0.1) is 5.56 Å². The predicted molar refractivity (Wildman–Crippen MR) is 89.9 cm³/mol. The summed E-state index contributed by atoms with van der Waals surface area (Å²) >= 11 is 3.24. The molecule has 2 aromatic heterocycles. The van der Waals surface area contributed by atoms with Gasteiger partial charge >= 0.3 is 11.6 Å². The Morgan fingerprint density at radius 2 is 2.12 bits per heavy atom. The summed E-state index contributed by atoms with van der Waals surface area (Å²) in [7, 11) is 0. The summed E-state index contributed by atoms with van der Waals surface area (Å²) in [4.78, 5) is 27.7. The number of aryl methyl sites for hydroxylation is 1. The molecule has 24 heavy (non-hydrogen) atoms. The molecule has 2 heterocycles. The summed E-state index contributed by atoms with van der Waals surface area (Å²) in [5, 5.41) is 10.3. The second-order valence-electron chi connectivity index (χ2n) is 5.15. The summed E-state index contributed by atoms with van der Waals surface area (Å²) in [6.07, 6.45) is 2.95. The van der Waals surface area contributed by atoms with Crippen molar-refractivity contribution in [3.05, 3.63) is 68.2 Å². The highest BCUT2D eigenvalue weighted by Crippen LogP contribution is 2.27. The molecule has 6 nitrogen and oxygen atoms in total. The largest absolute Gasteiger partial charge is 0.508 e. The van der Waals surface area contributed by atoms with Gasteiger partial charge in [0.2, 0.25) is 0 Å². The van der Waals surface area contributed by atoms with Crippen LogP contribution in [0.2, 0.25) is 0 Å². The molecule has 3 aromatic rings. The number of nitrogens with zero attached hydrogens (tertiary/aromatic N) is 1. The summed E-state index contributed by atoms with van der Waals surface area (Å²) in [6, 6.07) is 5.98. The number of esters is 1. The van der Waals surface area contributed by atoms with Crippen molar-refractivity contribution in [3.63, 3.8) is 0 Å². The molecule has 0 unspecified atom stereocenters. The van der Waals surface area contributed by atoms with Crippen LogP contribution < -0.4 is 5.63 Å². The van der Waals surface area contributed by atoms with Crippen molar-refractivity contribution in [1.82, 2.24) is 4.98 Å². The quantitative estimate of drug-likeness (QED) is 0.545. The predicted octanol–water partition coefficient (Wildman–Crippen LogP) is 3.32. The second-order valence-corrected chi connectivity index (χ2v) is 6.06. The van der Waals surface area contributed by atoms with Crippen molar-refractivity contribution >= 4 is 32.9 Å². The Bertz CT molecular complexity index is 996. The third kappa shape index (κ3) is 3.16. The maximum Gasteiger partial charge on any atom is 0.340 e. The highest BCUT2D eigenvalue weighted by atomic mass is 79.9. The molecule has 122 valence electrons. The number of benzene rings is 1. The van der Waals surface area contributed by atoms with Gasteiger partial charge in [-0.05, 0) is 41.1 Å². The van der Waals surface area contributed by atoms with Crippen molar-refractivity contribution in [3.8, 4) is 5.75 Å². The smallest absolute Gasteiger partial charge is 0.340 e. The number of hydrogen-bond donors (Lipinski definition) is 1. The Kier molecular flexibility index (Phi) is 4.35. The molecule has 1 aromatic carbocycles. The Labute approximate surface area is 144 Å². The van der Waals surface area contributed by atoms with Gasteiger partial charge < -0.3 is 14.3 Å². The molecule has 0 saturated carbocycles. The monoisotopic (exact) mass is 389 g/mol. The van der Waals surface area contributed by atoms with E-state index in [1.807, 2.05) is 0 Å². The first kappa shape index (κ1) is 16.2. The summed E-state index contributed by atoms with van der Waals surface area (Å²) in [5.41, 5.74) is 0.948. The molecule has 0 amide bonds. The van der Waals surface area contributed by atoms with Crippen LogP contribution in [0.4, 0.5) is 0 Å². The van der Waals surface area contributed by atoms with E-state index < -0.39 is 11.6 Å². The fourth-order valence-electron chi connectivity index (χ4n) is 2.29. The zero-order chi connectivity index (χ0) is 17.3. The van der Waals surface area contributed by atoms with Gasteiger partial charge in [0, 0.05) is 39.4 Å². The van der Waals surface area contributed by atoms with E-state index in [-0.39, 0.29) is 17.9 Å². The zero-order valence-corrected chi connectivity index (χ0v) is 14.2. The van der Waals surface area contributed by atoms with Crippen LogP contribution in [0, 0.1) is 6.92 Å². The first-order valence-electron chi connectivity index (χ1n) is 6.98. The van der Waals surface area contributed by atoms with E-state index >= 15 is 0 Å². The molecule has 0 fully saturated rings. The number of phenols is 1. The number of pyridine rings is 1. The number of carbonyl (C=O) groups is 1. The number of carbonyl (C=O) groups excluding carboxylic acids is 1. The molecular formula is C17H12BrNO5. The van der Waals surface area contributed by atoms with Gasteiger partial charge in [-0.3, -0.25) is 4.98 Å². The molecule has 7 heteroatoms. The van der Waals surface area contributed by atoms with Crippen LogP contribution in [0.15, 0.2) is 50.3 Å². The van der Waals surface area contributed by atoms with Crippen LogP contribution in [0.5, 0.6) is 5.75 Å². The number of fused-ring (bicyclic) bond motifs is 1. The number of aromatic hydroxyl groups is 1. The highest BCUT2D eigenvalue weighted by Gasteiger charge is 2.13. The van der Waals surface area contributed by atoms with E-state index in [9.17, 15) is 14.7 Å². The molecule has 0 aliphatic carbocycles. The van der Waals surface area contributed by atoms with E-state index in [1.54, 1.807) is 25.3 Å². The van der Waals surface area contributed by atoms with E-state index in [2.05, 4.69) is 20.9 Å². The fraction of sp³-hybridized carbons (Fsp3) is 0.118. The minimum atomic E-state index is -0.577.